The summed E-state index contributed by atoms with van der Waals surface area (Å²) in [6.07, 6.45) is 0. The van der Waals surface area contributed by atoms with Crippen molar-refractivity contribution in [2.24, 2.45) is 4.99 Å². The molecule has 0 bridgehead atoms. The minimum absolute atomic E-state index is 0. The molecule has 1 saturated heterocycles. The van der Waals surface area contributed by atoms with Gasteiger partial charge in [-0.2, -0.15) is 0 Å². The van der Waals surface area contributed by atoms with Gasteiger partial charge in [-0.15, -0.1) is 24.0 Å². The molecule has 1 aromatic heterocycles. The van der Waals surface area contributed by atoms with Crippen LogP contribution in [-0.4, -0.2) is 61.7 Å². The molecule has 3 rings (SSSR count). The Kier molecular flexibility index (Phi) is 10.1. The number of halogens is 1. The third kappa shape index (κ3) is 7.10. The number of oxazole rings is 1. The zero-order chi connectivity index (χ0) is 21.5. The molecular formula is C23H37IN6O. The molecule has 0 radical (unpaired) electrons. The molecule has 0 amide bonds. The quantitative estimate of drug-likeness (QED) is 0.319. The SMILES string of the molecule is CCNC(=NCc1nc(C)c(C)o1)NCCN1CCN(c2cccc(C)c2C)CC1.I. The highest BCUT2D eigenvalue weighted by Crippen LogP contribution is 2.23. The third-order valence-electron chi connectivity index (χ3n) is 5.80. The van der Waals surface area contributed by atoms with Gasteiger partial charge in [0.1, 0.15) is 12.3 Å². The second-order valence-electron chi connectivity index (χ2n) is 7.92. The van der Waals surface area contributed by atoms with Crippen molar-refractivity contribution >= 4 is 35.6 Å². The standard InChI is InChI=1S/C23H36N6O.HI/c1-6-24-23(26-16-22-27-19(4)20(5)30-22)25-10-11-28-12-14-29(15-13-28)21-9-7-8-17(2)18(21)3;/h7-9H,6,10-16H2,1-5H3,(H2,24,25,26);1H. The van der Waals surface area contributed by atoms with Gasteiger partial charge in [0.05, 0.1) is 5.69 Å². The van der Waals surface area contributed by atoms with E-state index in [2.05, 4.69) is 69.4 Å². The molecular weight excluding hydrogens is 503 g/mol. The van der Waals surface area contributed by atoms with E-state index in [9.17, 15) is 0 Å². The fraction of sp³-hybridized carbons (Fsp3) is 0.565. The maximum Gasteiger partial charge on any atom is 0.216 e. The van der Waals surface area contributed by atoms with Gasteiger partial charge in [-0.1, -0.05) is 12.1 Å². The first-order chi connectivity index (χ1) is 14.5. The van der Waals surface area contributed by atoms with Gasteiger partial charge in [-0.25, -0.2) is 9.98 Å². The maximum atomic E-state index is 5.62. The second-order valence-corrected chi connectivity index (χ2v) is 7.92. The highest BCUT2D eigenvalue weighted by atomic mass is 127. The van der Waals surface area contributed by atoms with E-state index in [1.54, 1.807) is 0 Å². The Morgan fingerprint density at radius 1 is 1.10 bits per heavy atom. The van der Waals surface area contributed by atoms with Gasteiger partial charge in [-0.05, 0) is 51.8 Å². The molecule has 0 aliphatic carbocycles. The molecule has 2 heterocycles. The van der Waals surface area contributed by atoms with Gasteiger partial charge >= 0.3 is 0 Å². The van der Waals surface area contributed by atoms with Crippen LogP contribution in [-0.2, 0) is 6.54 Å². The Balaban J connectivity index is 0.00000341. The minimum Gasteiger partial charge on any atom is -0.444 e. The largest absolute Gasteiger partial charge is 0.444 e. The van der Waals surface area contributed by atoms with Crippen molar-refractivity contribution in [1.29, 1.82) is 0 Å². The van der Waals surface area contributed by atoms with Crippen molar-refractivity contribution in [3.8, 4) is 0 Å². The molecule has 172 valence electrons. The zero-order valence-corrected chi connectivity index (χ0v) is 21.8. The summed E-state index contributed by atoms with van der Waals surface area (Å²) in [6.45, 7) is 17.8. The second kappa shape index (κ2) is 12.3. The van der Waals surface area contributed by atoms with Crippen molar-refractivity contribution in [3.05, 3.63) is 46.7 Å². The number of benzene rings is 1. The van der Waals surface area contributed by atoms with Gasteiger partial charge in [0, 0.05) is 51.5 Å². The average Bonchev–Trinajstić information content (AvgIpc) is 3.06. The van der Waals surface area contributed by atoms with Gasteiger partial charge in [0.25, 0.3) is 0 Å². The first-order valence-corrected chi connectivity index (χ1v) is 11.0. The van der Waals surface area contributed by atoms with Crippen LogP contribution < -0.4 is 15.5 Å². The molecule has 1 aliphatic rings. The maximum absolute atomic E-state index is 5.62. The Labute approximate surface area is 203 Å². The number of rotatable bonds is 7. The lowest BCUT2D eigenvalue weighted by Gasteiger charge is -2.37. The molecule has 2 aromatic rings. The molecule has 0 unspecified atom stereocenters. The smallest absolute Gasteiger partial charge is 0.216 e. The third-order valence-corrected chi connectivity index (χ3v) is 5.80. The monoisotopic (exact) mass is 540 g/mol. The van der Waals surface area contributed by atoms with Crippen LogP contribution in [0.25, 0.3) is 0 Å². The number of anilines is 1. The molecule has 1 aliphatic heterocycles. The van der Waals surface area contributed by atoms with Crippen LogP contribution in [0.15, 0.2) is 27.6 Å². The van der Waals surface area contributed by atoms with Crippen LogP contribution in [0.3, 0.4) is 0 Å². The van der Waals surface area contributed by atoms with Crippen LogP contribution in [0.5, 0.6) is 0 Å². The predicted octanol–water partition coefficient (Wildman–Crippen LogP) is 3.40. The lowest BCUT2D eigenvalue weighted by atomic mass is 10.1. The number of aryl methyl sites for hydroxylation is 3. The number of guanidine groups is 1. The van der Waals surface area contributed by atoms with Crippen molar-refractivity contribution in [3.63, 3.8) is 0 Å². The normalized spacial score (nSPS) is 15.0. The van der Waals surface area contributed by atoms with E-state index in [0.29, 0.717) is 12.4 Å². The Hall–Kier alpha value is -1.81. The van der Waals surface area contributed by atoms with Gasteiger partial charge in [0.15, 0.2) is 5.96 Å². The number of hydrogen-bond acceptors (Lipinski definition) is 5. The molecule has 0 saturated carbocycles. The fourth-order valence-electron chi connectivity index (χ4n) is 3.72. The number of piperazine rings is 1. The zero-order valence-electron chi connectivity index (χ0n) is 19.5. The molecule has 1 aromatic carbocycles. The Bertz CT molecular complexity index is 838. The molecule has 1 fully saturated rings. The van der Waals surface area contributed by atoms with Crippen molar-refractivity contribution in [2.75, 3.05) is 50.7 Å². The van der Waals surface area contributed by atoms with Gasteiger partial charge < -0.3 is 20.0 Å². The van der Waals surface area contributed by atoms with Gasteiger partial charge in [0.2, 0.25) is 5.89 Å². The summed E-state index contributed by atoms with van der Waals surface area (Å²) in [6, 6.07) is 6.60. The molecule has 0 atom stereocenters. The summed E-state index contributed by atoms with van der Waals surface area (Å²) >= 11 is 0. The van der Waals surface area contributed by atoms with E-state index < -0.39 is 0 Å². The summed E-state index contributed by atoms with van der Waals surface area (Å²) in [5.74, 6) is 2.32. The molecule has 8 heteroatoms. The lowest BCUT2D eigenvalue weighted by Crippen LogP contribution is -2.49. The van der Waals surface area contributed by atoms with Crippen LogP contribution in [0.2, 0.25) is 0 Å². The number of hydrogen-bond donors (Lipinski definition) is 2. The molecule has 7 nitrogen and oxygen atoms in total. The van der Waals surface area contributed by atoms with E-state index in [1.165, 1.54) is 16.8 Å². The molecule has 0 spiro atoms. The van der Waals surface area contributed by atoms with Crippen LogP contribution in [0.4, 0.5) is 5.69 Å². The van der Waals surface area contributed by atoms with E-state index in [4.69, 9.17) is 4.42 Å². The molecule has 2 N–H and O–H groups in total. The minimum atomic E-state index is 0. The lowest BCUT2D eigenvalue weighted by molar-refractivity contribution is 0.261. The summed E-state index contributed by atoms with van der Waals surface area (Å²) in [7, 11) is 0. The Morgan fingerprint density at radius 3 is 2.48 bits per heavy atom. The van der Waals surface area contributed by atoms with Crippen molar-refractivity contribution in [2.45, 2.75) is 41.2 Å². The highest BCUT2D eigenvalue weighted by molar-refractivity contribution is 14.0. The molecule has 31 heavy (non-hydrogen) atoms. The van der Waals surface area contributed by atoms with Crippen LogP contribution >= 0.6 is 24.0 Å². The summed E-state index contributed by atoms with van der Waals surface area (Å²) in [5.41, 5.74) is 5.07. The fourth-order valence-corrected chi connectivity index (χ4v) is 3.72. The number of aliphatic imine (C=N–C) groups is 1. The number of nitrogens with zero attached hydrogens (tertiary/aromatic N) is 4. The summed E-state index contributed by atoms with van der Waals surface area (Å²) in [4.78, 5) is 14.0. The number of nitrogens with one attached hydrogen (secondary N) is 2. The highest BCUT2D eigenvalue weighted by Gasteiger charge is 2.18. The van der Waals surface area contributed by atoms with Crippen molar-refractivity contribution < 1.29 is 4.42 Å². The van der Waals surface area contributed by atoms with E-state index in [-0.39, 0.29) is 24.0 Å². The average molecular weight is 540 g/mol. The first-order valence-electron chi connectivity index (χ1n) is 11.0. The van der Waals surface area contributed by atoms with Crippen LogP contribution in [0.1, 0.15) is 35.4 Å². The van der Waals surface area contributed by atoms with E-state index in [0.717, 1.165) is 63.2 Å². The topological polar surface area (TPSA) is 68.9 Å². The van der Waals surface area contributed by atoms with E-state index in [1.807, 2.05) is 13.8 Å². The Morgan fingerprint density at radius 2 is 1.84 bits per heavy atom. The van der Waals surface area contributed by atoms with Gasteiger partial charge in [-0.3, -0.25) is 4.90 Å². The van der Waals surface area contributed by atoms with Crippen LogP contribution in [0, 0.1) is 27.7 Å². The first kappa shape index (κ1) is 25.5. The summed E-state index contributed by atoms with van der Waals surface area (Å²) in [5, 5.41) is 6.73. The summed E-state index contributed by atoms with van der Waals surface area (Å²) < 4.78 is 5.62. The van der Waals surface area contributed by atoms with E-state index >= 15 is 0 Å². The number of aromatic nitrogens is 1. The van der Waals surface area contributed by atoms with Crippen molar-refractivity contribution in [1.82, 2.24) is 20.5 Å². The predicted molar refractivity (Wildman–Crippen MR) is 139 cm³/mol.